The summed E-state index contributed by atoms with van der Waals surface area (Å²) in [7, 11) is 1.95. The van der Waals surface area contributed by atoms with Gasteiger partial charge >= 0.3 is 0 Å². The zero-order valence-corrected chi connectivity index (χ0v) is 11.6. The predicted octanol–water partition coefficient (Wildman–Crippen LogP) is 2.61. The Bertz CT molecular complexity index is 560. The molecule has 2 aromatic rings. The van der Waals surface area contributed by atoms with Crippen LogP contribution in [0.1, 0.15) is 18.5 Å². The van der Waals surface area contributed by atoms with Crippen molar-refractivity contribution in [3.8, 4) is 0 Å². The number of hydrogen-bond acceptors (Lipinski definition) is 5. The number of hydrazine groups is 1. The lowest BCUT2D eigenvalue weighted by Crippen LogP contribution is -2.23. The van der Waals surface area contributed by atoms with Crippen molar-refractivity contribution in [1.29, 1.82) is 0 Å². The second-order valence-corrected chi connectivity index (χ2v) is 4.60. The number of halogens is 1. The zero-order valence-electron chi connectivity index (χ0n) is 10.8. The van der Waals surface area contributed by atoms with Crippen molar-refractivity contribution in [1.82, 2.24) is 9.97 Å². The van der Waals surface area contributed by atoms with Gasteiger partial charge in [-0.05, 0) is 24.6 Å². The molecular weight excluding hydrogens is 262 g/mol. The third-order valence-electron chi connectivity index (χ3n) is 3.07. The van der Waals surface area contributed by atoms with Gasteiger partial charge in [-0.15, -0.1) is 0 Å². The minimum atomic E-state index is 0.0919. The van der Waals surface area contributed by atoms with Crippen LogP contribution < -0.4 is 16.2 Å². The Morgan fingerprint density at radius 3 is 2.74 bits per heavy atom. The second-order valence-electron chi connectivity index (χ2n) is 4.19. The molecule has 0 aliphatic rings. The number of nitrogens with two attached hydrogens (primary N) is 1. The van der Waals surface area contributed by atoms with Crippen LogP contribution in [0.3, 0.4) is 0 Å². The third kappa shape index (κ3) is 2.94. The Balaban J connectivity index is 2.28. The summed E-state index contributed by atoms with van der Waals surface area (Å²) in [4.78, 5) is 10.3. The van der Waals surface area contributed by atoms with Gasteiger partial charge in [0, 0.05) is 18.3 Å². The van der Waals surface area contributed by atoms with E-state index >= 15 is 0 Å². The van der Waals surface area contributed by atoms with E-state index in [4.69, 9.17) is 17.4 Å². The fourth-order valence-corrected chi connectivity index (χ4v) is 2.13. The minimum Gasteiger partial charge on any atom is -0.353 e. The van der Waals surface area contributed by atoms with E-state index in [0.29, 0.717) is 5.95 Å². The topological polar surface area (TPSA) is 67.1 Å². The van der Waals surface area contributed by atoms with E-state index in [2.05, 4.69) is 22.3 Å². The first kappa shape index (κ1) is 13.6. The van der Waals surface area contributed by atoms with E-state index in [1.807, 2.05) is 42.3 Å². The molecule has 1 atom stereocenters. The maximum Gasteiger partial charge on any atom is 0.239 e. The van der Waals surface area contributed by atoms with Gasteiger partial charge in [0.05, 0.1) is 6.04 Å². The molecule has 1 aromatic heterocycles. The number of rotatable bonds is 4. The summed E-state index contributed by atoms with van der Waals surface area (Å²) in [6.45, 7) is 2.07. The molecule has 0 aliphatic carbocycles. The van der Waals surface area contributed by atoms with E-state index in [-0.39, 0.29) is 6.04 Å². The van der Waals surface area contributed by atoms with Gasteiger partial charge in [-0.1, -0.05) is 29.8 Å². The molecule has 1 heterocycles. The molecule has 5 nitrogen and oxygen atoms in total. The molecular formula is C13H16ClN5. The molecule has 0 spiro atoms. The maximum absolute atomic E-state index is 6.22. The lowest BCUT2D eigenvalue weighted by molar-refractivity contribution is 0.727. The van der Waals surface area contributed by atoms with Crippen LogP contribution in [0.2, 0.25) is 5.02 Å². The molecule has 2 rings (SSSR count). The molecule has 0 bridgehead atoms. The third-order valence-corrected chi connectivity index (χ3v) is 3.41. The standard InChI is InChI=1S/C13H16ClN5/c1-9(10-5-3-4-6-11(10)14)19(2)12-7-8-16-13(17-12)18-15/h3-9H,15H2,1-2H3,(H,16,17,18). The smallest absolute Gasteiger partial charge is 0.239 e. The van der Waals surface area contributed by atoms with Gasteiger partial charge in [-0.25, -0.2) is 10.8 Å². The summed E-state index contributed by atoms with van der Waals surface area (Å²) < 4.78 is 0. The Morgan fingerprint density at radius 2 is 2.05 bits per heavy atom. The summed E-state index contributed by atoms with van der Waals surface area (Å²) in [5.74, 6) is 6.47. The van der Waals surface area contributed by atoms with Crippen LogP contribution >= 0.6 is 11.6 Å². The van der Waals surface area contributed by atoms with Crippen LogP contribution in [0, 0.1) is 0 Å². The number of aromatic nitrogens is 2. The van der Waals surface area contributed by atoms with E-state index in [0.717, 1.165) is 16.4 Å². The largest absolute Gasteiger partial charge is 0.353 e. The van der Waals surface area contributed by atoms with Gasteiger partial charge in [0.15, 0.2) is 0 Å². The van der Waals surface area contributed by atoms with Crippen LogP contribution in [0.5, 0.6) is 0 Å². The van der Waals surface area contributed by atoms with Gasteiger partial charge in [0.1, 0.15) is 5.82 Å². The molecule has 0 aliphatic heterocycles. The van der Waals surface area contributed by atoms with Crippen molar-refractivity contribution in [2.45, 2.75) is 13.0 Å². The van der Waals surface area contributed by atoms with Gasteiger partial charge in [0.25, 0.3) is 0 Å². The summed E-state index contributed by atoms with van der Waals surface area (Å²) in [6, 6.07) is 9.70. The van der Waals surface area contributed by atoms with Crippen molar-refractivity contribution in [3.63, 3.8) is 0 Å². The number of nitrogens with zero attached hydrogens (tertiary/aromatic N) is 3. The highest BCUT2D eigenvalue weighted by molar-refractivity contribution is 6.31. The lowest BCUT2D eigenvalue weighted by atomic mass is 10.1. The first-order chi connectivity index (χ1) is 9.13. The molecule has 0 saturated carbocycles. The van der Waals surface area contributed by atoms with Crippen LogP contribution in [0.15, 0.2) is 36.5 Å². The van der Waals surface area contributed by atoms with E-state index in [1.165, 1.54) is 0 Å². The summed E-state index contributed by atoms with van der Waals surface area (Å²) >= 11 is 6.22. The van der Waals surface area contributed by atoms with Gasteiger partial charge in [-0.2, -0.15) is 4.98 Å². The molecule has 0 radical (unpaired) electrons. The Hall–Kier alpha value is -1.85. The highest BCUT2D eigenvalue weighted by Crippen LogP contribution is 2.28. The van der Waals surface area contributed by atoms with E-state index in [1.54, 1.807) is 6.20 Å². The Labute approximate surface area is 117 Å². The van der Waals surface area contributed by atoms with Crippen molar-refractivity contribution >= 4 is 23.4 Å². The van der Waals surface area contributed by atoms with Crippen LogP contribution in [-0.2, 0) is 0 Å². The summed E-state index contributed by atoms with van der Waals surface area (Å²) in [5.41, 5.74) is 3.49. The molecule has 100 valence electrons. The molecule has 0 fully saturated rings. The molecule has 19 heavy (non-hydrogen) atoms. The Kier molecular flexibility index (Phi) is 4.19. The first-order valence-corrected chi connectivity index (χ1v) is 6.28. The van der Waals surface area contributed by atoms with Gasteiger partial charge < -0.3 is 4.90 Å². The number of nitrogens with one attached hydrogen (secondary N) is 1. The van der Waals surface area contributed by atoms with Crippen LogP contribution in [0.25, 0.3) is 0 Å². The second kappa shape index (κ2) is 5.86. The lowest BCUT2D eigenvalue weighted by Gasteiger charge is -2.27. The molecule has 1 aromatic carbocycles. The van der Waals surface area contributed by atoms with Crippen molar-refractivity contribution in [2.75, 3.05) is 17.4 Å². The zero-order chi connectivity index (χ0) is 13.8. The van der Waals surface area contributed by atoms with Gasteiger partial charge in [-0.3, -0.25) is 5.43 Å². The SMILES string of the molecule is CC(c1ccccc1Cl)N(C)c1ccnc(NN)n1. The highest BCUT2D eigenvalue weighted by atomic mass is 35.5. The number of benzene rings is 1. The number of anilines is 2. The summed E-state index contributed by atoms with van der Waals surface area (Å²) in [6.07, 6.45) is 1.66. The van der Waals surface area contributed by atoms with Crippen molar-refractivity contribution in [3.05, 3.63) is 47.1 Å². The highest BCUT2D eigenvalue weighted by Gasteiger charge is 2.16. The average molecular weight is 278 g/mol. The van der Waals surface area contributed by atoms with Crippen molar-refractivity contribution in [2.24, 2.45) is 5.84 Å². The predicted molar refractivity (Wildman–Crippen MR) is 78.1 cm³/mol. The monoisotopic (exact) mass is 277 g/mol. The van der Waals surface area contributed by atoms with Crippen LogP contribution in [0.4, 0.5) is 11.8 Å². The van der Waals surface area contributed by atoms with Gasteiger partial charge in [0.2, 0.25) is 5.95 Å². The summed E-state index contributed by atoms with van der Waals surface area (Å²) in [5, 5.41) is 0.744. The van der Waals surface area contributed by atoms with E-state index < -0.39 is 0 Å². The number of hydrogen-bond donors (Lipinski definition) is 2. The Morgan fingerprint density at radius 1 is 1.32 bits per heavy atom. The number of nitrogen functional groups attached to an aromatic ring is 1. The van der Waals surface area contributed by atoms with Crippen molar-refractivity contribution < 1.29 is 0 Å². The fourth-order valence-electron chi connectivity index (χ4n) is 1.84. The molecule has 6 heteroatoms. The molecule has 3 N–H and O–H groups in total. The van der Waals surface area contributed by atoms with E-state index in [9.17, 15) is 0 Å². The average Bonchev–Trinajstić information content (AvgIpc) is 2.46. The van der Waals surface area contributed by atoms with Crippen LogP contribution in [-0.4, -0.2) is 17.0 Å². The molecule has 0 amide bonds. The first-order valence-electron chi connectivity index (χ1n) is 5.90. The fraction of sp³-hybridized carbons (Fsp3) is 0.231. The maximum atomic E-state index is 6.22. The molecule has 1 unspecified atom stereocenters. The normalized spacial score (nSPS) is 12.0. The quantitative estimate of drug-likeness (QED) is 0.664. The molecule has 0 saturated heterocycles. The minimum absolute atomic E-state index is 0.0919.